The van der Waals surface area contributed by atoms with Gasteiger partial charge in [-0.3, -0.25) is 9.69 Å². The third-order valence-corrected chi connectivity index (χ3v) is 2.82. The van der Waals surface area contributed by atoms with Crippen molar-refractivity contribution in [2.75, 3.05) is 18.0 Å². The minimum Gasteiger partial charge on any atom is -0.505 e. The van der Waals surface area contributed by atoms with E-state index in [-0.39, 0.29) is 18.8 Å². The highest BCUT2D eigenvalue weighted by Gasteiger charge is 2.33. The number of rotatable bonds is 4. The van der Waals surface area contributed by atoms with Crippen molar-refractivity contribution < 1.29 is 32.6 Å². The average molecular weight is 304 g/mol. The minimum atomic E-state index is -3.15. The van der Waals surface area contributed by atoms with E-state index in [1.807, 2.05) is 5.32 Å². The predicted octanol–water partition coefficient (Wildman–Crippen LogP) is 1.24. The number of amides is 2. The number of nitrogens with one attached hydrogen (secondary N) is 1. The molecule has 1 unspecified atom stereocenters. The van der Waals surface area contributed by atoms with E-state index >= 15 is 0 Å². The zero-order chi connectivity index (χ0) is 15.6. The Kier molecular flexibility index (Phi) is 4.20. The van der Waals surface area contributed by atoms with Crippen LogP contribution >= 0.6 is 0 Å². The molecular weight excluding hydrogens is 293 g/mol. The summed E-state index contributed by atoms with van der Waals surface area (Å²) in [6, 6.07) is 3.32. The second-order valence-electron chi connectivity index (χ2n) is 4.30. The first kappa shape index (κ1) is 14.9. The lowest BCUT2D eigenvalue weighted by Crippen LogP contribution is -2.37. The van der Waals surface area contributed by atoms with Gasteiger partial charge in [-0.2, -0.15) is 8.78 Å². The number of anilines is 1. The van der Waals surface area contributed by atoms with E-state index < -0.39 is 36.1 Å². The molecule has 1 saturated heterocycles. The molecule has 1 aromatic carbocycles. The maximum Gasteiger partial charge on any atom is 0.414 e. The Balaban J connectivity index is 1.99. The van der Waals surface area contributed by atoms with Crippen molar-refractivity contribution in [3.05, 3.63) is 24.0 Å². The van der Waals surface area contributed by atoms with Crippen molar-refractivity contribution in [2.45, 2.75) is 12.5 Å². The molecule has 0 radical (unpaired) electrons. The van der Waals surface area contributed by atoms with E-state index in [4.69, 9.17) is 9.84 Å². The van der Waals surface area contributed by atoms with E-state index in [2.05, 4.69) is 0 Å². The monoisotopic (exact) mass is 304 g/mol. The summed E-state index contributed by atoms with van der Waals surface area (Å²) in [5.41, 5.74) is 0.151. The van der Waals surface area contributed by atoms with Crippen LogP contribution in [-0.2, 0) is 9.53 Å². The van der Waals surface area contributed by atoms with Gasteiger partial charge in [0.2, 0.25) is 0 Å². The number of halogens is 3. The van der Waals surface area contributed by atoms with Crippen LogP contribution in [-0.4, -0.2) is 42.7 Å². The topological polar surface area (TPSA) is 78.9 Å². The van der Waals surface area contributed by atoms with Gasteiger partial charge in [-0.15, -0.1) is 0 Å². The van der Waals surface area contributed by atoms with Crippen LogP contribution in [0.4, 0.5) is 23.7 Å². The summed E-state index contributed by atoms with van der Waals surface area (Å²) in [4.78, 5) is 23.4. The number of alkyl halides is 2. The van der Waals surface area contributed by atoms with Crippen molar-refractivity contribution in [1.29, 1.82) is 0 Å². The molecule has 0 bridgehead atoms. The molecule has 0 saturated carbocycles. The second kappa shape index (κ2) is 5.90. The lowest BCUT2D eigenvalue weighted by molar-refractivity contribution is -0.132. The maximum absolute atomic E-state index is 13.2. The number of hydrogen-bond acceptors (Lipinski definition) is 4. The first-order valence-corrected chi connectivity index (χ1v) is 5.91. The zero-order valence-electron chi connectivity index (χ0n) is 10.6. The van der Waals surface area contributed by atoms with Gasteiger partial charge in [0, 0.05) is 6.07 Å². The van der Waals surface area contributed by atoms with Gasteiger partial charge in [-0.25, -0.2) is 9.18 Å². The molecule has 1 heterocycles. The van der Waals surface area contributed by atoms with Crippen LogP contribution in [0.2, 0.25) is 0 Å². The molecule has 0 aromatic heterocycles. The van der Waals surface area contributed by atoms with E-state index in [1.54, 1.807) is 0 Å². The molecule has 6 nitrogen and oxygen atoms in total. The lowest BCUT2D eigenvalue weighted by atomic mass is 10.2. The molecular formula is C12H11F3N2O4. The molecule has 0 aliphatic carbocycles. The number of cyclic esters (lactones) is 1. The number of hydrogen-bond donors (Lipinski definition) is 2. The highest BCUT2D eigenvalue weighted by atomic mass is 19.3. The molecule has 1 aliphatic heterocycles. The number of carbonyl (C=O) groups excluding carboxylic acids is 2. The number of phenolic OH excluding ortho intramolecular Hbond substituents is 1. The molecule has 1 fully saturated rings. The maximum atomic E-state index is 13.2. The number of aromatic hydroxyl groups is 1. The van der Waals surface area contributed by atoms with Gasteiger partial charge in [0.15, 0.2) is 11.6 Å². The third kappa shape index (κ3) is 3.36. The zero-order valence-corrected chi connectivity index (χ0v) is 10.6. The highest BCUT2D eigenvalue weighted by molar-refractivity contribution is 5.90. The van der Waals surface area contributed by atoms with E-state index in [0.717, 1.165) is 17.0 Å². The fourth-order valence-corrected chi connectivity index (χ4v) is 1.79. The molecule has 21 heavy (non-hydrogen) atoms. The Morgan fingerprint density at radius 3 is 2.86 bits per heavy atom. The number of phenols is 1. The summed E-state index contributed by atoms with van der Waals surface area (Å²) in [6.45, 7) is -0.307. The van der Waals surface area contributed by atoms with Gasteiger partial charge < -0.3 is 15.2 Å². The summed E-state index contributed by atoms with van der Waals surface area (Å²) >= 11 is 0. The first-order chi connectivity index (χ1) is 9.88. The molecule has 1 aromatic rings. The third-order valence-electron chi connectivity index (χ3n) is 2.82. The van der Waals surface area contributed by atoms with Crippen molar-refractivity contribution in [3.63, 3.8) is 0 Å². The van der Waals surface area contributed by atoms with Crippen LogP contribution in [0.3, 0.4) is 0 Å². The molecule has 114 valence electrons. The first-order valence-electron chi connectivity index (χ1n) is 5.91. The van der Waals surface area contributed by atoms with E-state index in [1.165, 1.54) is 6.07 Å². The largest absolute Gasteiger partial charge is 0.505 e. The quantitative estimate of drug-likeness (QED) is 0.877. The molecule has 0 spiro atoms. The van der Waals surface area contributed by atoms with Crippen LogP contribution < -0.4 is 10.2 Å². The average Bonchev–Trinajstić information content (AvgIpc) is 2.80. The Morgan fingerprint density at radius 2 is 2.24 bits per heavy atom. The Bertz CT molecular complexity index is 567. The van der Waals surface area contributed by atoms with Gasteiger partial charge in [-0.05, 0) is 12.1 Å². The smallest absolute Gasteiger partial charge is 0.414 e. The van der Waals surface area contributed by atoms with E-state index in [0.29, 0.717) is 0 Å². The molecule has 1 atom stereocenters. The summed E-state index contributed by atoms with van der Waals surface area (Å²) < 4.78 is 42.1. The Hall–Kier alpha value is -2.45. The Labute approximate surface area is 117 Å². The molecule has 1 aliphatic rings. The van der Waals surface area contributed by atoms with Crippen molar-refractivity contribution in [3.8, 4) is 5.75 Å². The summed E-state index contributed by atoms with van der Waals surface area (Å²) in [5.74, 6) is -2.93. The van der Waals surface area contributed by atoms with Gasteiger partial charge in [-0.1, -0.05) is 0 Å². The second-order valence-corrected chi connectivity index (χ2v) is 4.30. The fraction of sp³-hybridized carbons (Fsp3) is 0.333. The SMILES string of the molecule is O=C(NCC1CN(c2ccc(O)c(F)c2)C(=O)O1)C(F)F. The summed E-state index contributed by atoms with van der Waals surface area (Å²) in [5, 5.41) is 11.0. The lowest BCUT2D eigenvalue weighted by Gasteiger charge is -2.13. The van der Waals surface area contributed by atoms with Crippen LogP contribution in [0.15, 0.2) is 18.2 Å². The molecule has 9 heteroatoms. The standard InChI is InChI=1S/C12H11F3N2O4/c13-8-3-6(1-2-9(8)18)17-5-7(21-12(17)20)4-16-11(19)10(14)15/h1-3,7,10,18H,4-5H2,(H,16,19). The van der Waals surface area contributed by atoms with Gasteiger partial charge in [0.1, 0.15) is 6.10 Å². The number of nitrogens with zero attached hydrogens (tertiary/aromatic N) is 1. The Morgan fingerprint density at radius 1 is 1.52 bits per heavy atom. The van der Waals surface area contributed by atoms with Gasteiger partial charge >= 0.3 is 12.5 Å². The summed E-state index contributed by atoms with van der Waals surface area (Å²) in [6.07, 6.45) is -4.77. The molecule has 2 amide bonds. The normalized spacial score (nSPS) is 18.0. The van der Waals surface area contributed by atoms with Crippen molar-refractivity contribution in [2.24, 2.45) is 0 Å². The number of benzene rings is 1. The minimum absolute atomic E-state index is 0.0352. The van der Waals surface area contributed by atoms with Crippen LogP contribution in [0.25, 0.3) is 0 Å². The van der Waals surface area contributed by atoms with E-state index in [9.17, 15) is 22.8 Å². The predicted molar refractivity (Wildman–Crippen MR) is 64.7 cm³/mol. The number of carbonyl (C=O) groups is 2. The van der Waals surface area contributed by atoms with Crippen LogP contribution in [0, 0.1) is 5.82 Å². The van der Waals surface area contributed by atoms with Crippen molar-refractivity contribution in [1.82, 2.24) is 5.32 Å². The van der Waals surface area contributed by atoms with Crippen molar-refractivity contribution >= 4 is 17.7 Å². The number of ether oxygens (including phenoxy) is 1. The molecule has 2 N–H and O–H groups in total. The molecule has 2 rings (SSSR count). The fourth-order valence-electron chi connectivity index (χ4n) is 1.79. The highest BCUT2D eigenvalue weighted by Crippen LogP contribution is 2.26. The van der Waals surface area contributed by atoms with Crippen LogP contribution in [0.1, 0.15) is 0 Å². The summed E-state index contributed by atoms with van der Waals surface area (Å²) in [7, 11) is 0. The van der Waals surface area contributed by atoms with Gasteiger partial charge in [0.05, 0.1) is 18.8 Å². The van der Waals surface area contributed by atoms with Crippen LogP contribution in [0.5, 0.6) is 5.75 Å². The van der Waals surface area contributed by atoms with Gasteiger partial charge in [0.25, 0.3) is 5.91 Å².